The highest BCUT2D eigenvalue weighted by Gasteiger charge is 2.16. The summed E-state index contributed by atoms with van der Waals surface area (Å²) in [6.07, 6.45) is 2.29. The fourth-order valence-electron chi connectivity index (χ4n) is 2.01. The lowest BCUT2D eigenvalue weighted by atomic mass is 10.1. The Bertz CT molecular complexity index is 372. The molecule has 0 aliphatic carbocycles. The molecule has 0 saturated carbocycles. The van der Waals surface area contributed by atoms with Crippen LogP contribution in [0, 0.1) is 0 Å². The first-order chi connectivity index (χ1) is 8.08. The van der Waals surface area contributed by atoms with E-state index in [0.29, 0.717) is 12.5 Å². The van der Waals surface area contributed by atoms with E-state index >= 15 is 0 Å². The lowest BCUT2D eigenvalue weighted by Gasteiger charge is -2.26. The van der Waals surface area contributed by atoms with E-state index in [2.05, 4.69) is 13.8 Å². The fourth-order valence-corrected chi connectivity index (χ4v) is 2.01. The second kappa shape index (κ2) is 6.28. The van der Waals surface area contributed by atoms with Crippen LogP contribution in [0.25, 0.3) is 0 Å². The highest BCUT2D eigenvalue weighted by molar-refractivity contribution is 5.78. The summed E-state index contributed by atoms with van der Waals surface area (Å²) in [4.78, 5) is 13.8. The Morgan fingerprint density at radius 2 is 2.00 bits per heavy atom. The van der Waals surface area contributed by atoms with Crippen molar-refractivity contribution in [2.45, 2.75) is 39.2 Å². The van der Waals surface area contributed by atoms with Gasteiger partial charge in [-0.25, -0.2) is 0 Å². The Balaban J connectivity index is 2.65. The number of hydrogen-bond acceptors (Lipinski definition) is 2. The largest absolute Gasteiger partial charge is 0.508 e. The van der Waals surface area contributed by atoms with Crippen molar-refractivity contribution in [1.82, 2.24) is 4.90 Å². The molecule has 3 nitrogen and oxygen atoms in total. The SMILES string of the molecule is CCC(CC)N(C)C(=O)Cc1cccc(O)c1. The molecule has 0 radical (unpaired) electrons. The minimum atomic E-state index is 0.101. The number of likely N-dealkylation sites (N-methyl/N-ethyl adjacent to an activating group) is 1. The molecule has 17 heavy (non-hydrogen) atoms. The minimum Gasteiger partial charge on any atom is -0.508 e. The Morgan fingerprint density at radius 1 is 1.35 bits per heavy atom. The molecule has 0 saturated heterocycles. The van der Waals surface area contributed by atoms with Gasteiger partial charge in [0.2, 0.25) is 5.91 Å². The van der Waals surface area contributed by atoms with E-state index in [1.54, 1.807) is 18.2 Å². The van der Waals surface area contributed by atoms with Crippen LogP contribution < -0.4 is 0 Å². The van der Waals surface area contributed by atoms with E-state index in [1.807, 2.05) is 18.0 Å². The van der Waals surface area contributed by atoms with Crippen LogP contribution in [-0.2, 0) is 11.2 Å². The van der Waals surface area contributed by atoms with Crippen molar-refractivity contribution < 1.29 is 9.90 Å². The zero-order chi connectivity index (χ0) is 12.8. The summed E-state index contributed by atoms with van der Waals surface area (Å²) in [7, 11) is 1.85. The Morgan fingerprint density at radius 3 is 2.53 bits per heavy atom. The zero-order valence-corrected chi connectivity index (χ0v) is 10.8. The molecule has 1 rings (SSSR count). The van der Waals surface area contributed by atoms with Crippen LogP contribution in [0.1, 0.15) is 32.3 Å². The number of rotatable bonds is 5. The number of nitrogens with zero attached hydrogens (tertiary/aromatic N) is 1. The van der Waals surface area contributed by atoms with Gasteiger partial charge >= 0.3 is 0 Å². The molecular weight excluding hydrogens is 214 g/mol. The number of benzene rings is 1. The van der Waals surface area contributed by atoms with Crippen molar-refractivity contribution in [3.8, 4) is 5.75 Å². The summed E-state index contributed by atoms with van der Waals surface area (Å²) in [5.41, 5.74) is 0.854. The van der Waals surface area contributed by atoms with E-state index in [1.165, 1.54) is 0 Å². The van der Waals surface area contributed by atoms with E-state index < -0.39 is 0 Å². The normalized spacial score (nSPS) is 10.6. The van der Waals surface area contributed by atoms with Gasteiger partial charge in [0.05, 0.1) is 6.42 Å². The molecule has 0 aliphatic heterocycles. The number of carbonyl (C=O) groups excluding carboxylic acids is 1. The average molecular weight is 235 g/mol. The molecule has 0 fully saturated rings. The number of phenols is 1. The standard InChI is InChI=1S/C14H21NO2/c1-4-12(5-2)15(3)14(17)10-11-7-6-8-13(16)9-11/h6-9,12,16H,4-5,10H2,1-3H3. The molecule has 94 valence electrons. The first kappa shape index (κ1) is 13.6. The number of hydrogen-bond donors (Lipinski definition) is 1. The predicted octanol–water partition coefficient (Wildman–Crippen LogP) is 2.58. The molecular formula is C14H21NO2. The summed E-state index contributed by atoms with van der Waals surface area (Å²) in [6.45, 7) is 4.18. The van der Waals surface area contributed by atoms with Crippen molar-refractivity contribution in [2.75, 3.05) is 7.05 Å². The zero-order valence-electron chi connectivity index (χ0n) is 10.8. The molecule has 1 aromatic rings. The third-order valence-electron chi connectivity index (χ3n) is 3.15. The maximum atomic E-state index is 12.0. The van der Waals surface area contributed by atoms with Gasteiger partial charge in [0.15, 0.2) is 0 Å². The Kier molecular flexibility index (Phi) is 5.01. The van der Waals surface area contributed by atoms with Crippen LogP contribution in [0.3, 0.4) is 0 Å². The summed E-state index contributed by atoms with van der Waals surface area (Å²) >= 11 is 0. The molecule has 0 aromatic heterocycles. The second-order valence-electron chi connectivity index (χ2n) is 4.32. The molecule has 0 heterocycles. The van der Waals surface area contributed by atoms with Crippen molar-refractivity contribution >= 4 is 5.91 Å². The smallest absolute Gasteiger partial charge is 0.226 e. The van der Waals surface area contributed by atoms with Gasteiger partial charge in [-0.2, -0.15) is 0 Å². The van der Waals surface area contributed by atoms with Crippen LogP contribution in [0.5, 0.6) is 5.75 Å². The molecule has 1 amide bonds. The summed E-state index contributed by atoms with van der Waals surface area (Å²) in [5.74, 6) is 0.310. The second-order valence-corrected chi connectivity index (χ2v) is 4.32. The van der Waals surface area contributed by atoms with Crippen LogP contribution >= 0.6 is 0 Å². The van der Waals surface area contributed by atoms with E-state index in [-0.39, 0.29) is 11.7 Å². The summed E-state index contributed by atoms with van der Waals surface area (Å²) in [5, 5.41) is 9.34. The van der Waals surface area contributed by atoms with E-state index in [0.717, 1.165) is 18.4 Å². The monoisotopic (exact) mass is 235 g/mol. The van der Waals surface area contributed by atoms with Gasteiger partial charge in [-0.3, -0.25) is 4.79 Å². The van der Waals surface area contributed by atoms with Gasteiger partial charge in [-0.05, 0) is 30.5 Å². The van der Waals surface area contributed by atoms with E-state index in [4.69, 9.17) is 0 Å². The Hall–Kier alpha value is -1.51. The number of carbonyl (C=O) groups is 1. The first-order valence-corrected chi connectivity index (χ1v) is 6.12. The quantitative estimate of drug-likeness (QED) is 0.852. The molecule has 1 N–H and O–H groups in total. The van der Waals surface area contributed by atoms with Gasteiger partial charge < -0.3 is 10.0 Å². The number of aromatic hydroxyl groups is 1. The first-order valence-electron chi connectivity index (χ1n) is 6.12. The van der Waals surface area contributed by atoms with Crippen molar-refractivity contribution in [2.24, 2.45) is 0 Å². The van der Waals surface area contributed by atoms with Gasteiger partial charge in [0, 0.05) is 13.1 Å². The molecule has 0 aliphatic rings. The van der Waals surface area contributed by atoms with Crippen LogP contribution in [-0.4, -0.2) is 29.0 Å². The molecule has 0 bridgehead atoms. The van der Waals surface area contributed by atoms with Crippen molar-refractivity contribution in [1.29, 1.82) is 0 Å². The van der Waals surface area contributed by atoms with Crippen LogP contribution in [0.15, 0.2) is 24.3 Å². The average Bonchev–Trinajstić information content (AvgIpc) is 2.30. The highest BCUT2D eigenvalue weighted by Crippen LogP contribution is 2.13. The third-order valence-corrected chi connectivity index (χ3v) is 3.15. The summed E-state index contributed by atoms with van der Waals surface area (Å²) < 4.78 is 0. The number of amides is 1. The van der Waals surface area contributed by atoms with Crippen LogP contribution in [0.2, 0.25) is 0 Å². The molecule has 1 aromatic carbocycles. The number of phenolic OH excluding ortho intramolecular Hbond substituents is 1. The lowest BCUT2D eigenvalue weighted by Crippen LogP contribution is -2.37. The fraction of sp³-hybridized carbons (Fsp3) is 0.500. The Labute approximate surface area is 103 Å². The van der Waals surface area contributed by atoms with Gasteiger partial charge in [-0.15, -0.1) is 0 Å². The van der Waals surface area contributed by atoms with Gasteiger partial charge in [-0.1, -0.05) is 26.0 Å². The molecule has 0 unspecified atom stereocenters. The van der Waals surface area contributed by atoms with Crippen molar-refractivity contribution in [3.63, 3.8) is 0 Å². The highest BCUT2D eigenvalue weighted by atomic mass is 16.3. The van der Waals surface area contributed by atoms with E-state index in [9.17, 15) is 9.90 Å². The van der Waals surface area contributed by atoms with Gasteiger partial charge in [0.1, 0.15) is 5.75 Å². The predicted molar refractivity (Wildman–Crippen MR) is 69.0 cm³/mol. The molecule has 0 spiro atoms. The summed E-state index contributed by atoms with van der Waals surface area (Å²) in [6, 6.07) is 7.17. The maximum Gasteiger partial charge on any atom is 0.226 e. The van der Waals surface area contributed by atoms with Gasteiger partial charge in [0.25, 0.3) is 0 Å². The topological polar surface area (TPSA) is 40.5 Å². The molecule has 0 atom stereocenters. The maximum absolute atomic E-state index is 12.0. The molecule has 3 heteroatoms. The minimum absolute atomic E-state index is 0.101. The van der Waals surface area contributed by atoms with Crippen LogP contribution in [0.4, 0.5) is 0 Å². The lowest BCUT2D eigenvalue weighted by molar-refractivity contribution is -0.131. The van der Waals surface area contributed by atoms with Crippen molar-refractivity contribution in [3.05, 3.63) is 29.8 Å². The third kappa shape index (κ3) is 3.77.